The largest absolute Gasteiger partial charge is 0.494 e. The smallest absolute Gasteiger partial charge is 0.333 e. The summed E-state index contributed by atoms with van der Waals surface area (Å²) in [7, 11) is 0. The highest BCUT2D eigenvalue weighted by atomic mass is 127. The molecule has 1 aliphatic rings. The fourth-order valence-electron chi connectivity index (χ4n) is 1.85. The predicted molar refractivity (Wildman–Crippen MR) is 67.5 cm³/mol. The summed E-state index contributed by atoms with van der Waals surface area (Å²) in [6.45, 7) is 0. The van der Waals surface area contributed by atoms with Crippen LogP contribution in [0.3, 0.4) is 0 Å². The second-order valence-corrected chi connectivity index (χ2v) is 5.17. The summed E-state index contributed by atoms with van der Waals surface area (Å²) in [6, 6.07) is 0.838. The Bertz CT molecular complexity index is 553. The number of halogens is 1. The van der Waals surface area contributed by atoms with Crippen molar-refractivity contribution in [3.8, 4) is 5.88 Å². The normalized spacial score (nSPS) is 29.4. The van der Waals surface area contributed by atoms with E-state index in [4.69, 9.17) is 4.74 Å². The van der Waals surface area contributed by atoms with Gasteiger partial charge < -0.3 is 20.1 Å². The number of nitrogens with zero attached hydrogens (tertiary/aromatic N) is 1. The van der Waals surface area contributed by atoms with Gasteiger partial charge in [0.2, 0.25) is 5.88 Å². The Kier molecular flexibility index (Phi) is 3.75. The standard InChI is InChI=1S/C9H11IN2O6/c10-8(16)7-3(13)1-6(18-7)12-5(15)2-4(14)11-9(12)17/h2-3,6-8,13,15-16H,1H2,(H,11,14,17)/t3-,6+,7-,8?/m0/s1. The summed E-state index contributed by atoms with van der Waals surface area (Å²) in [5.41, 5.74) is -1.56. The minimum Gasteiger partial charge on any atom is -0.494 e. The third-order valence-electron chi connectivity index (χ3n) is 2.65. The van der Waals surface area contributed by atoms with Crippen molar-refractivity contribution in [2.45, 2.75) is 29.0 Å². The van der Waals surface area contributed by atoms with Crippen LogP contribution in [0.1, 0.15) is 12.6 Å². The van der Waals surface area contributed by atoms with E-state index in [-0.39, 0.29) is 6.42 Å². The number of ether oxygens (including phenoxy) is 1. The Labute approximate surface area is 114 Å². The van der Waals surface area contributed by atoms with Crippen molar-refractivity contribution in [3.63, 3.8) is 0 Å². The van der Waals surface area contributed by atoms with E-state index in [1.807, 2.05) is 4.98 Å². The van der Waals surface area contributed by atoms with Crippen molar-refractivity contribution >= 4 is 22.6 Å². The van der Waals surface area contributed by atoms with Crippen LogP contribution >= 0.6 is 22.6 Å². The second-order valence-electron chi connectivity index (χ2n) is 3.90. The molecule has 100 valence electrons. The first-order valence-electron chi connectivity index (χ1n) is 5.10. The van der Waals surface area contributed by atoms with E-state index in [9.17, 15) is 24.9 Å². The Balaban J connectivity index is 2.35. The van der Waals surface area contributed by atoms with E-state index in [0.29, 0.717) is 0 Å². The molecule has 1 unspecified atom stereocenters. The van der Waals surface area contributed by atoms with E-state index in [1.165, 1.54) is 0 Å². The maximum Gasteiger partial charge on any atom is 0.333 e. The molecule has 2 rings (SSSR count). The quantitative estimate of drug-likeness (QED) is 0.377. The van der Waals surface area contributed by atoms with Crippen molar-refractivity contribution < 1.29 is 20.1 Å². The summed E-state index contributed by atoms with van der Waals surface area (Å²) in [5.74, 6) is -0.551. The molecule has 8 nitrogen and oxygen atoms in total. The van der Waals surface area contributed by atoms with Gasteiger partial charge in [-0.2, -0.15) is 0 Å². The van der Waals surface area contributed by atoms with Gasteiger partial charge in [-0.3, -0.25) is 9.78 Å². The first-order valence-corrected chi connectivity index (χ1v) is 6.35. The molecule has 0 bridgehead atoms. The highest BCUT2D eigenvalue weighted by Crippen LogP contribution is 2.32. The van der Waals surface area contributed by atoms with Crippen LogP contribution in [0.4, 0.5) is 0 Å². The molecule has 18 heavy (non-hydrogen) atoms. The van der Waals surface area contributed by atoms with E-state index >= 15 is 0 Å². The van der Waals surface area contributed by atoms with Crippen LogP contribution in [0.15, 0.2) is 15.7 Å². The van der Waals surface area contributed by atoms with Crippen molar-refractivity contribution in [2.75, 3.05) is 0 Å². The maximum absolute atomic E-state index is 11.6. The van der Waals surface area contributed by atoms with Crippen molar-refractivity contribution in [1.29, 1.82) is 0 Å². The SMILES string of the molecule is O=c1cc(O)n([C@H]2C[C@H](O)[C@@H](C(O)I)O2)c(=O)[nH]1. The number of hydrogen-bond donors (Lipinski definition) is 4. The van der Waals surface area contributed by atoms with Gasteiger partial charge >= 0.3 is 5.69 Å². The molecule has 0 saturated carbocycles. The number of aromatic amines is 1. The summed E-state index contributed by atoms with van der Waals surface area (Å²) in [4.78, 5) is 24.5. The lowest BCUT2D eigenvalue weighted by Gasteiger charge is -2.17. The molecule has 1 aromatic heterocycles. The number of aromatic hydroxyl groups is 1. The van der Waals surface area contributed by atoms with Crippen LogP contribution in [0.25, 0.3) is 0 Å². The van der Waals surface area contributed by atoms with Crippen LogP contribution < -0.4 is 11.2 Å². The summed E-state index contributed by atoms with van der Waals surface area (Å²) in [6.07, 6.45) is -2.71. The minimum atomic E-state index is -0.958. The molecule has 4 N–H and O–H groups in total. The van der Waals surface area contributed by atoms with Crippen LogP contribution in [-0.2, 0) is 4.74 Å². The number of nitrogens with one attached hydrogen (secondary N) is 1. The number of aromatic nitrogens is 2. The van der Waals surface area contributed by atoms with Gasteiger partial charge in [-0.25, -0.2) is 9.36 Å². The van der Waals surface area contributed by atoms with E-state index < -0.39 is 39.7 Å². The van der Waals surface area contributed by atoms with Crippen molar-refractivity contribution in [3.05, 3.63) is 26.9 Å². The number of H-pyrrole nitrogens is 1. The van der Waals surface area contributed by atoms with Crippen LogP contribution in [0.2, 0.25) is 0 Å². The van der Waals surface area contributed by atoms with E-state index in [1.54, 1.807) is 22.6 Å². The lowest BCUT2D eigenvalue weighted by molar-refractivity contribution is -0.0536. The Morgan fingerprint density at radius 1 is 1.56 bits per heavy atom. The molecule has 0 amide bonds. The highest BCUT2D eigenvalue weighted by molar-refractivity contribution is 14.1. The maximum atomic E-state index is 11.6. The van der Waals surface area contributed by atoms with E-state index in [2.05, 4.69) is 0 Å². The summed E-state index contributed by atoms with van der Waals surface area (Å²) < 4.78 is 5.18. The molecule has 9 heteroatoms. The minimum absolute atomic E-state index is 0.0320. The first kappa shape index (κ1) is 13.5. The number of aliphatic hydroxyl groups excluding tert-OH is 2. The number of alkyl halides is 1. The fraction of sp³-hybridized carbons (Fsp3) is 0.556. The molecule has 1 fully saturated rings. The average molecular weight is 370 g/mol. The van der Waals surface area contributed by atoms with Crippen LogP contribution in [-0.4, -0.2) is 41.2 Å². The van der Waals surface area contributed by atoms with Crippen LogP contribution in [0.5, 0.6) is 5.88 Å². The summed E-state index contributed by atoms with van der Waals surface area (Å²) in [5, 5.41) is 28.6. The third-order valence-corrected chi connectivity index (χ3v) is 3.36. The van der Waals surface area contributed by atoms with Gasteiger partial charge in [-0.05, 0) is 22.6 Å². The number of rotatable bonds is 2. The van der Waals surface area contributed by atoms with Gasteiger partial charge in [0.05, 0.1) is 12.2 Å². The molecule has 0 radical (unpaired) electrons. The molecule has 1 aliphatic heterocycles. The zero-order chi connectivity index (χ0) is 13.4. The molecular formula is C9H11IN2O6. The van der Waals surface area contributed by atoms with Gasteiger partial charge in [0.25, 0.3) is 5.56 Å². The van der Waals surface area contributed by atoms with Gasteiger partial charge in [0.1, 0.15) is 16.4 Å². The Morgan fingerprint density at radius 2 is 2.22 bits per heavy atom. The van der Waals surface area contributed by atoms with Crippen molar-refractivity contribution in [2.24, 2.45) is 0 Å². The van der Waals surface area contributed by atoms with Crippen molar-refractivity contribution in [1.82, 2.24) is 9.55 Å². The Morgan fingerprint density at radius 3 is 2.72 bits per heavy atom. The topological polar surface area (TPSA) is 125 Å². The molecule has 1 saturated heterocycles. The van der Waals surface area contributed by atoms with Gasteiger partial charge in [-0.15, -0.1) is 0 Å². The fourth-order valence-corrected chi connectivity index (χ4v) is 2.50. The highest BCUT2D eigenvalue weighted by Gasteiger charge is 2.39. The number of hydrogen-bond acceptors (Lipinski definition) is 6. The molecule has 0 spiro atoms. The molecule has 0 aliphatic carbocycles. The predicted octanol–water partition coefficient (Wildman–Crippen LogP) is -1.36. The zero-order valence-electron chi connectivity index (χ0n) is 8.99. The lowest BCUT2D eigenvalue weighted by atomic mass is 10.2. The summed E-state index contributed by atoms with van der Waals surface area (Å²) >= 11 is 1.67. The monoisotopic (exact) mass is 370 g/mol. The molecule has 0 aromatic carbocycles. The first-order chi connectivity index (χ1) is 8.40. The molecule has 1 aromatic rings. The molecule has 2 heterocycles. The number of aliphatic hydroxyl groups is 2. The van der Waals surface area contributed by atoms with Gasteiger partial charge in [0.15, 0.2) is 0 Å². The molecule has 4 atom stereocenters. The lowest BCUT2D eigenvalue weighted by Crippen LogP contribution is -2.33. The molecular weight excluding hydrogens is 359 g/mol. The zero-order valence-corrected chi connectivity index (χ0v) is 11.1. The van der Waals surface area contributed by atoms with Gasteiger partial charge in [0, 0.05) is 6.42 Å². The van der Waals surface area contributed by atoms with E-state index in [0.717, 1.165) is 10.6 Å². The second kappa shape index (κ2) is 4.99. The average Bonchev–Trinajstić information content (AvgIpc) is 2.58. The third kappa shape index (κ3) is 2.43. The van der Waals surface area contributed by atoms with Crippen LogP contribution in [0, 0.1) is 0 Å². The Hall–Kier alpha value is -0.910. The van der Waals surface area contributed by atoms with Gasteiger partial charge in [-0.1, -0.05) is 0 Å².